The minimum absolute atomic E-state index is 0.00514. The van der Waals surface area contributed by atoms with E-state index in [1.165, 1.54) is 4.68 Å². The summed E-state index contributed by atoms with van der Waals surface area (Å²) in [6, 6.07) is 17.9. The van der Waals surface area contributed by atoms with Crippen LogP contribution in [0.3, 0.4) is 0 Å². The minimum atomic E-state index is -0.00514. The van der Waals surface area contributed by atoms with Crippen molar-refractivity contribution in [2.75, 3.05) is 0 Å². The normalized spacial score (nSPS) is 10.7. The second kappa shape index (κ2) is 4.85. The number of aryl methyl sites for hydroxylation is 2. The fourth-order valence-electron chi connectivity index (χ4n) is 2.47. The highest BCUT2D eigenvalue weighted by atomic mass is 16.1. The first-order valence-electron chi connectivity index (χ1n) is 6.59. The molecular formula is C17H16N2O. The number of H-pyrrole nitrogens is 1. The Morgan fingerprint density at radius 3 is 2.30 bits per heavy atom. The first-order valence-corrected chi connectivity index (χ1v) is 6.59. The van der Waals surface area contributed by atoms with Crippen LogP contribution in [-0.2, 0) is 7.05 Å². The van der Waals surface area contributed by atoms with Crippen LogP contribution in [0.25, 0.3) is 22.4 Å². The molecule has 0 atom stereocenters. The van der Waals surface area contributed by atoms with Gasteiger partial charge >= 0.3 is 0 Å². The van der Waals surface area contributed by atoms with Gasteiger partial charge in [-0.2, -0.15) is 0 Å². The van der Waals surface area contributed by atoms with E-state index in [-0.39, 0.29) is 5.56 Å². The van der Waals surface area contributed by atoms with E-state index in [4.69, 9.17) is 0 Å². The number of hydrogen-bond acceptors (Lipinski definition) is 1. The predicted molar refractivity (Wildman–Crippen MR) is 81.6 cm³/mol. The van der Waals surface area contributed by atoms with Crippen LogP contribution in [-0.4, -0.2) is 9.78 Å². The molecule has 0 bridgehead atoms. The smallest absolute Gasteiger partial charge is 0.274 e. The van der Waals surface area contributed by atoms with Gasteiger partial charge in [0.25, 0.3) is 5.56 Å². The fourth-order valence-corrected chi connectivity index (χ4v) is 2.47. The Balaban J connectivity index is 2.31. The van der Waals surface area contributed by atoms with Crippen LogP contribution in [0.1, 0.15) is 5.56 Å². The number of rotatable bonds is 2. The molecule has 3 nitrogen and oxygen atoms in total. The summed E-state index contributed by atoms with van der Waals surface area (Å²) in [5, 5.41) is 3.17. The maximum atomic E-state index is 12.4. The maximum absolute atomic E-state index is 12.4. The van der Waals surface area contributed by atoms with Crippen LogP contribution in [0.5, 0.6) is 0 Å². The molecule has 0 unspecified atom stereocenters. The number of benzene rings is 2. The predicted octanol–water partition coefficient (Wildman–Crippen LogP) is 3.36. The van der Waals surface area contributed by atoms with Crippen molar-refractivity contribution >= 4 is 0 Å². The third kappa shape index (κ3) is 1.97. The highest BCUT2D eigenvalue weighted by Crippen LogP contribution is 2.29. The van der Waals surface area contributed by atoms with E-state index in [9.17, 15) is 4.79 Å². The molecule has 20 heavy (non-hydrogen) atoms. The van der Waals surface area contributed by atoms with Gasteiger partial charge in [0.15, 0.2) is 0 Å². The van der Waals surface area contributed by atoms with E-state index >= 15 is 0 Å². The lowest BCUT2D eigenvalue weighted by Crippen LogP contribution is -2.12. The Morgan fingerprint density at radius 2 is 1.60 bits per heavy atom. The lowest BCUT2D eigenvalue weighted by atomic mass is 9.99. The monoisotopic (exact) mass is 264 g/mol. The van der Waals surface area contributed by atoms with Crippen LogP contribution < -0.4 is 5.56 Å². The molecule has 3 aromatic rings. The zero-order valence-corrected chi connectivity index (χ0v) is 11.6. The van der Waals surface area contributed by atoms with Crippen LogP contribution in [0.15, 0.2) is 59.4 Å². The summed E-state index contributed by atoms with van der Waals surface area (Å²) in [4.78, 5) is 12.4. The van der Waals surface area contributed by atoms with Crippen LogP contribution in [0.4, 0.5) is 0 Å². The summed E-state index contributed by atoms with van der Waals surface area (Å²) in [6.45, 7) is 2.05. The Labute approximate surface area is 117 Å². The zero-order valence-electron chi connectivity index (χ0n) is 11.6. The Hall–Kier alpha value is -2.55. The molecule has 0 saturated carbocycles. The summed E-state index contributed by atoms with van der Waals surface area (Å²) in [5.41, 5.74) is 4.74. The molecule has 1 heterocycles. The summed E-state index contributed by atoms with van der Waals surface area (Å²) in [6.07, 6.45) is 0. The van der Waals surface area contributed by atoms with Crippen LogP contribution in [0, 0.1) is 6.92 Å². The van der Waals surface area contributed by atoms with Crippen molar-refractivity contribution in [3.8, 4) is 22.4 Å². The van der Waals surface area contributed by atoms with Crippen LogP contribution in [0.2, 0.25) is 0 Å². The van der Waals surface area contributed by atoms with E-state index < -0.39 is 0 Å². The van der Waals surface area contributed by atoms with Gasteiger partial charge in [-0.25, -0.2) is 0 Å². The van der Waals surface area contributed by atoms with Crippen LogP contribution >= 0.6 is 0 Å². The standard InChI is InChI=1S/C17H16N2O/c1-12-8-6-7-11-14(12)16-15(17(20)19(2)18-16)13-9-4-3-5-10-13/h3-11,18H,1-2H3. The lowest BCUT2D eigenvalue weighted by Gasteiger charge is -2.06. The average Bonchev–Trinajstić information content (AvgIpc) is 2.76. The summed E-state index contributed by atoms with van der Waals surface area (Å²) in [7, 11) is 1.75. The Morgan fingerprint density at radius 1 is 0.950 bits per heavy atom. The van der Waals surface area contributed by atoms with E-state index in [0.717, 1.165) is 27.9 Å². The number of nitrogens with one attached hydrogen (secondary N) is 1. The van der Waals surface area contributed by atoms with Gasteiger partial charge in [-0.05, 0) is 18.1 Å². The molecule has 0 aliphatic carbocycles. The van der Waals surface area contributed by atoms with Crippen molar-refractivity contribution < 1.29 is 0 Å². The molecule has 0 radical (unpaired) electrons. The number of hydrogen-bond donors (Lipinski definition) is 1. The van der Waals surface area contributed by atoms with Crippen molar-refractivity contribution in [1.29, 1.82) is 0 Å². The molecule has 3 rings (SSSR count). The van der Waals surface area contributed by atoms with Crippen molar-refractivity contribution in [3.05, 3.63) is 70.5 Å². The molecule has 0 spiro atoms. The molecular weight excluding hydrogens is 248 g/mol. The third-order valence-corrected chi connectivity index (χ3v) is 3.52. The molecule has 1 N–H and O–H groups in total. The number of aromatic amines is 1. The quantitative estimate of drug-likeness (QED) is 0.757. The minimum Gasteiger partial charge on any atom is -0.295 e. The van der Waals surface area contributed by atoms with E-state index in [0.29, 0.717) is 0 Å². The molecule has 0 aliphatic heterocycles. The topological polar surface area (TPSA) is 37.8 Å². The molecule has 100 valence electrons. The van der Waals surface area contributed by atoms with Gasteiger partial charge in [-0.1, -0.05) is 54.6 Å². The molecule has 1 aromatic heterocycles. The van der Waals surface area contributed by atoms with E-state index in [2.05, 4.69) is 18.1 Å². The molecule has 0 fully saturated rings. The molecule has 2 aromatic carbocycles. The summed E-state index contributed by atoms with van der Waals surface area (Å²) >= 11 is 0. The SMILES string of the molecule is Cc1ccccc1-c1[nH]n(C)c(=O)c1-c1ccccc1. The molecule has 0 saturated heterocycles. The third-order valence-electron chi connectivity index (χ3n) is 3.52. The Kier molecular flexibility index (Phi) is 3.03. The van der Waals surface area contributed by atoms with Gasteiger partial charge < -0.3 is 0 Å². The van der Waals surface area contributed by atoms with Gasteiger partial charge in [-0.15, -0.1) is 0 Å². The highest BCUT2D eigenvalue weighted by Gasteiger charge is 2.16. The molecule has 0 amide bonds. The van der Waals surface area contributed by atoms with Gasteiger partial charge in [0, 0.05) is 12.6 Å². The highest BCUT2D eigenvalue weighted by molar-refractivity contribution is 5.81. The number of aromatic nitrogens is 2. The van der Waals surface area contributed by atoms with Gasteiger partial charge in [0.05, 0.1) is 11.3 Å². The maximum Gasteiger partial charge on any atom is 0.274 e. The Bertz CT molecular complexity index is 797. The second-order valence-electron chi connectivity index (χ2n) is 4.91. The first kappa shape index (κ1) is 12.5. The van der Waals surface area contributed by atoms with Gasteiger partial charge in [0.1, 0.15) is 0 Å². The van der Waals surface area contributed by atoms with Crippen molar-refractivity contribution in [2.45, 2.75) is 6.92 Å². The summed E-state index contributed by atoms with van der Waals surface area (Å²) < 4.78 is 1.53. The van der Waals surface area contributed by atoms with Crippen molar-refractivity contribution in [3.63, 3.8) is 0 Å². The number of nitrogens with zero attached hydrogens (tertiary/aromatic N) is 1. The average molecular weight is 264 g/mol. The first-order chi connectivity index (χ1) is 9.68. The zero-order chi connectivity index (χ0) is 14.1. The second-order valence-corrected chi connectivity index (χ2v) is 4.91. The van der Waals surface area contributed by atoms with Gasteiger partial charge in [0.2, 0.25) is 0 Å². The molecule has 0 aliphatic rings. The lowest BCUT2D eigenvalue weighted by molar-refractivity contribution is 0.743. The van der Waals surface area contributed by atoms with Gasteiger partial charge in [-0.3, -0.25) is 14.6 Å². The fraction of sp³-hybridized carbons (Fsp3) is 0.118. The van der Waals surface area contributed by atoms with Crippen molar-refractivity contribution in [2.24, 2.45) is 7.05 Å². The summed E-state index contributed by atoms with van der Waals surface area (Å²) in [5.74, 6) is 0. The van der Waals surface area contributed by atoms with E-state index in [1.54, 1.807) is 7.05 Å². The molecule has 3 heteroatoms. The van der Waals surface area contributed by atoms with E-state index in [1.807, 2.05) is 48.5 Å². The largest absolute Gasteiger partial charge is 0.295 e. The van der Waals surface area contributed by atoms with Crippen molar-refractivity contribution in [1.82, 2.24) is 9.78 Å².